The Morgan fingerprint density at radius 1 is 1.18 bits per heavy atom. The molecule has 112 valence electrons. The minimum Gasteiger partial charge on any atom is -0.486 e. The molecule has 1 aromatic carbocycles. The van der Waals surface area contributed by atoms with E-state index in [2.05, 4.69) is 10.2 Å². The molecule has 0 aliphatic carbocycles. The lowest BCUT2D eigenvalue weighted by atomic mass is 10.3. The molecule has 0 aliphatic heterocycles. The first kappa shape index (κ1) is 14.3. The normalized spacial score (nSPS) is 10.6. The van der Waals surface area contributed by atoms with Crippen LogP contribution in [0.15, 0.2) is 42.5 Å². The Morgan fingerprint density at radius 3 is 2.68 bits per heavy atom. The monoisotopic (exact) mass is 317 g/mol. The molecule has 0 spiro atoms. The van der Waals surface area contributed by atoms with Crippen LogP contribution in [0.5, 0.6) is 5.75 Å². The third-order valence-corrected chi connectivity index (χ3v) is 3.32. The molecule has 0 amide bonds. The molecule has 7 heteroatoms. The Kier molecular flexibility index (Phi) is 3.93. The van der Waals surface area contributed by atoms with Gasteiger partial charge in [0.15, 0.2) is 11.5 Å². The number of methoxy groups -OCH3 is 1. The van der Waals surface area contributed by atoms with Crippen LogP contribution >= 0.6 is 11.6 Å². The van der Waals surface area contributed by atoms with Crippen LogP contribution in [-0.2, 0) is 11.3 Å². The number of pyridine rings is 1. The van der Waals surface area contributed by atoms with Crippen LogP contribution in [0.2, 0.25) is 5.02 Å². The molecule has 0 fully saturated rings. The second kappa shape index (κ2) is 6.03. The van der Waals surface area contributed by atoms with Crippen molar-refractivity contribution >= 4 is 23.2 Å². The summed E-state index contributed by atoms with van der Waals surface area (Å²) in [6.45, 7) is 0.163. The number of rotatable bonds is 4. The Balaban J connectivity index is 1.90. The largest absolute Gasteiger partial charge is 0.486 e. The van der Waals surface area contributed by atoms with Crippen LogP contribution in [0.4, 0.5) is 0 Å². The Hall–Kier alpha value is -2.60. The number of nitrogens with zero attached hydrogens (tertiary/aromatic N) is 3. The number of aromatic nitrogens is 3. The van der Waals surface area contributed by atoms with Crippen LogP contribution in [0.3, 0.4) is 0 Å². The van der Waals surface area contributed by atoms with E-state index in [1.165, 1.54) is 7.11 Å². The fourth-order valence-corrected chi connectivity index (χ4v) is 2.16. The summed E-state index contributed by atoms with van der Waals surface area (Å²) in [5.74, 6) is 0.695. The molecule has 22 heavy (non-hydrogen) atoms. The van der Waals surface area contributed by atoms with Gasteiger partial charge in [0.25, 0.3) is 0 Å². The molecular weight excluding hydrogens is 306 g/mol. The summed E-state index contributed by atoms with van der Waals surface area (Å²) >= 11 is 5.83. The first-order valence-electron chi connectivity index (χ1n) is 6.49. The fraction of sp³-hybridized carbons (Fsp3) is 0.133. The number of fused-ring (bicyclic) bond motifs is 1. The second-order valence-corrected chi connectivity index (χ2v) is 4.89. The van der Waals surface area contributed by atoms with Crippen LogP contribution < -0.4 is 4.74 Å². The van der Waals surface area contributed by atoms with Gasteiger partial charge in [0.05, 0.1) is 7.11 Å². The molecule has 0 saturated carbocycles. The predicted molar refractivity (Wildman–Crippen MR) is 80.1 cm³/mol. The summed E-state index contributed by atoms with van der Waals surface area (Å²) in [5, 5.41) is 8.72. The van der Waals surface area contributed by atoms with E-state index in [1.54, 1.807) is 46.9 Å². The highest BCUT2D eigenvalue weighted by atomic mass is 35.5. The first-order chi connectivity index (χ1) is 10.7. The average molecular weight is 318 g/mol. The number of hydrogen-bond donors (Lipinski definition) is 0. The minimum atomic E-state index is -0.460. The molecule has 0 radical (unpaired) electrons. The summed E-state index contributed by atoms with van der Waals surface area (Å²) in [4.78, 5) is 11.8. The summed E-state index contributed by atoms with van der Waals surface area (Å²) in [6, 6.07) is 12.1. The van der Waals surface area contributed by atoms with E-state index in [0.717, 1.165) is 0 Å². The molecule has 6 nitrogen and oxygen atoms in total. The highest BCUT2D eigenvalue weighted by Gasteiger charge is 2.15. The Labute approximate surface area is 131 Å². The number of benzene rings is 1. The van der Waals surface area contributed by atoms with E-state index in [1.807, 2.05) is 0 Å². The summed E-state index contributed by atoms with van der Waals surface area (Å²) in [7, 11) is 1.33. The van der Waals surface area contributed by atoms with Crippen molar-refractivity contribution in [2.24, 2.45) is 0 Å². The van der Waals surface area contributed by atoms with Gasteiger partial charge in [0.2, 0.25) is 0 Å². The maximum absolute atomic E-state index is 11.8. The number of carbonyl (C=O) groups is 1. The van der Waals surface area contributed by atoms with Crippen LogP contribution in [0.25, 0.3) is 5.65 Å². The molecular formula is C15H12ClN3O3. The molecule has 0 bridgehead atoms. The molecule has 0 N–H and O–H groups in total. The van der Waals surface area contributed by atoms with Gasteiger partial charge in [0, 0.05) is 5.02 Å². The zero-order chi connectivity index (χ0) is 15.5. The molecule has 0 aliphatic rings. The van der Waals surface area contributed by atoms with Gasteiger partial charge in [-0.3, -0.25) is 4.40 Å². The molecule has 2 heterocycles. The van der Waals surface area contributed by atoms with Crippen LogP contribution in [0, 0.1) is 0 Å². The lowest BCUT2D eigenvalue weighted by Gasteiger charge is -2.07. The average Bonchev–Trinajstić information content (AvgIpc) is 2.97. The summed E-state index contributed by atoms with van der Waals surface area (Å²) < 4.78 is 12.0. The number of halogens is 1. The van der Waals surface area contributed by atoms with Crippen LogP contribution in [0.1, 0.15) is 16.3 Å². The fourth-order valence-electron chi connectivity index (χ4n) is 2.04. The van der Waals surface area contributed by atoms with Crippen molar-refractivity contribution in [3.05, 3.63) is 59.0 Å². The second-order valence-electron chi connectivity index (χ2n) is 4.46. The van der Waals surface area contributed by atoms with Crippen molar-refractivity contribution in [2.75, 3.05) is 7.11 Å². The first-order valence-corrected chi connectivity index (χ1v) is 6.86. The summed E-state index contributed by atoms with van der Waals surface area (Å²) in [5.41, 5.74) is 0.900. The zero-order valence-corrected chi connectivity index (χ0v) is 12.4. The van der Waals surface area contributed by atoms with Crippen molar-refractivity contribution in [3.63, 3.8) is 0 Å². The van der Waals surface area contributed by atoms with Gasteiger partial charge < -0.3 is 9.47 Å². The smallest absolute Gasteiger partial charge is 0.355 e. The maximum Gasteiger partial charge on any atom is 0.355 e. The molecule has 3 aromatic rings. The number of ether oxygens (including phenoxy) is 2. The van der Waals surface area contributed by atoms with E-state index in [0.29, 0.717) is 27.9 Å². The van der Waals surface area contributed by atoms with Crippen LogP contribution in [-0.4, -0.2) is 27.7 Å². The van der Waals surface area contributed by atoms with E-state index in [-0.39, 0.29) is 6.61 Å². The number of carbonyl (C=O) groups excluding carboxylic acids is 1. The predicted octanol–water partition coefficient (Wildman–Crippen LogP) is 2.75. The van der Waals surface area contributed by atoms with Gasteiger partial charge in [-0.05, 0) is 36.4 Å². The third kappa shape index (κ3) is 2.73. The van der Waals surface area contributed by atoms with Gasteiger partial charge in [0.1, 0.15) is 18.1 Å². The Morgan fingerprint density at radius 2 is 1.95 bits per heavy atom. The SMILES string of the molecule is COC(=O)c1cccc2nnc(COc3ccc(Cl)cc3)n12. The molecule has 2 aromatic heterocycles. The van der Waals surface area contributed by atoms with Crippen molar-refractivity contribution in [3.8, 4) is 5.75 Å². The van der Waals surface area contributed by atoms with Gasteiger partial charge in [-0.25, -0.2) is 4.79 Å². The third-order valence-electron chi connectivity index (χ3n) is 3.07. The quantitative estimate of drug-likeness (QED) is 0.692. The zero-order valence-electron chi connectivity index (χ0n) is 11.7. The number of hydrogen-bond acceptors (Lipinski definition) is 5. The maximum atomic E-state index is 11.8. The Bertz CT molecular complexity index is 815. The summed E-state index contributed by atoms with van der Waals surface area (Å²) in [6.07, 6.45) is 0. The topological polar surface area (TPSA) is 65.7 Å². The molecule has 0 atom stereocenters. The molecule has 3 rings (SSSR count). The molecule has 0 unspecified atom stereocenters. The molecule has 0 saturated heterocycles. The number of esters is 1. The highest BCUT2D eigenvalue weighted by Crippen LogP contribution is 2.17. The van der Waals surface area contributed by atoms with E-state index in [4.69, 9.17) is 21.1 Å². The van der Waals surface area contributed by atoms with Gasteiger partial charge in [-0.1, -0.05) is 17.7 Å². The van der Waals surface area contributed by atoms with Gasteiger partial charge in [-0.15, -0.1) is 10.2 Å². The lowest BCUT2D eigenvalue weighted by molar-refractivity contribution is 0.0591. The van der Waals surface area contributed by atoms with Crippen molar-refractivity contribution in [2.45, 2.75) is 6.61 Å². The van der Waals surface area contributed by atoms with Crippen molar-refractivity contribution in [1.29, 1.82) is 0 Å². The van der Waals surface area contributed by atoms with Crippen molar-refractivity contribution < 1.29 is 14.3 Å². The van der Waals surface area contributed by atoms with Gasteiger partial charge in [-0.2, -0.15) is 0 Å². The van der Waals surface area contributed by atoms with E-state index in [9.17, 15) is 4.79 Å². The van der Waals surface area contributed by atoms with Gasteiger partial charge >= 0.3 is 5.97 Å². The van der Waals surface area contributed by atoms with E-state index < -0.39 is 5.97 Å². The van der Waals surface area contributed by atoms with E-state index >= 15 is 0 Å². The standard InChI is InChI=1S/C15H12ClN3O3/c1-21-15(20)12-3-2-4-13-17-18-14(19(12)13)9-22-11-7-5-10(16)6-8-11/h2-8H,9H2,1H3. The van der Waals surface area contributed by atoms with Crippen molar-refractivity contribution in [1.82, 2.24) is 14.6 Å². The minimum absolute atomic E-state index is 0.163. The lowest BCUT2D eigenvalue weighted by Crippen LogP contribution is -2.11. The highest BCUT2D eigenvalue weighted by molar-refractivity contribution is 6.30.